The first-order valence-electron chi connectivity index (χ1n) is 6.57. The van der Waals surface area contributed by atoms with E-state index in [1.165, 1.54) is 11.3 Å². The molecule has 0 unspecified atom stereocenters. The van der Waals surface area contributed by atoms with Crippen LogP contribution in [0.1, 0.15) is 17.5 Å². The minimum absolute atomic E-state index is 0.0543. The number of ether oxygens (including phenoxy) is 1. The van der Waals surface area contributed by atoms with Gasteiger partial charge in [-0.15, -0.1) is 21.5 Å². The number of hydrogen-bond donors (Lipinski definition) is 0. The lowest BCUT2D eigenvalue weighted by Gasteiger charge is -2.02. The fourth-order valence-electron chi connectivity index (χ4n) is 1.86. The maximum atomic E-state index is 10.1. The predicted octanol–water partition coefficient (Wildman–Crippen LogP) is 3.27. The van der Waals surface area contributed by atoms with Crippen molar-refractivity contribution in [1.82, 2.24) is 4.98 Å². The van der Waals surface area contributed by atoms with Gasteiger partial charge in [0.25, 0.3) is 5.09 Å². The molecule has 0 N–H and O–H groups in total. The van der Waals surface area contributed by atoms with Crippen molar-refractivity contribution in [3.05, 3.63) is 45.0 Å². The maximum absolute atomic E-state index is 10.1. The van der Waals surface area contributed by atoms with Gasteiger partial charge in [-0.05, 0) is 38.1 Å². The van der Waals surface area contributed by atoms with Crippen molar-refractivity contribution in [1.29, 1.82) is 0 Å². The molecule has 1 aromatic heterocycles. The summed E-state index contributed by atoms with van der Waals surface area (Å²) in [6, 6.07) is 7.73. The first-order chi connectivity index (χ1) is 10.1. The highest BCUT2D eigenvalue weighted by Gasteiger charge is 2.10. The number of nitrogens with zero attached hydrogens (tertiary/aromatic N) is 2. The minimum Gasteiger partial charge on any atom is -0.494 e. The molecule has 0 bridgehead atoms. The van der Waals surface area contributed by atoms with E-state index < -0.39 is 5.09 Å². The van der Waals surface area contributed by atoms with Gasteiger partial charge in [-0.3, -0.25) is 0 Å². The molecule has 2 aromatic rings. The second kappa shape index (κ2) is 7.03. The Morgan fingerprint density at radius 2 is 2.05 bits per heavy atom. The van der Waals surface area contributed by atoms with Crippen LogP contribution in [0.25, 0.3) is 10.6 Å². The summed E-state index contributed by atoms with van der Waals surface area (Å²) in [6.45, 7) is 4.53. The van der Waals surface area contributed by atoms with Crippen molar-refractivity contribution in [3.8, 4) is 16.3 Å². The predicted molar refractivity (Wildman–Crippen MR) is 80.1 cm³/mol. The molecule has 0 aliphatic heterocycles. The zero-order chi connectivity index (χ0) is 15.2. The quantitative estimate of drug-likeness (QED) is 0.579. The highest BCUT2D eigenvalue weighted by atomic mass is 32.1. The smallest absolute Gasteiger partial charge is 0.294 e. The Labute approximate surface area is 126 Å². The van der Waals surface area contributed by atoms with Crippen molar-refractivity contribution >= 4 is 11.3 Å². The van der Waals surface area contributed by atoms with Crippen LogP contribution >= 0.6 is 11.3 Å². The highest BCUT2D eigenvalue weighted by molar-refractivity contribution is 7.15. The number of benzene rings is 1. The Kier molecular flexibility index (Phi) is 5.10. The van der Waals surface area contributed by atoms with Gasteiger partial charge in [0.15, 0.2) is 0 Å². The minimum atomic E-state index is -0.774. The van der Waals surface area contributed by atoms with Crippen molar-refractivity contribution in [2.75, 3.05) is 13.2 Å². The highest BCUT2D eigenvalue weighted by Crippen LogP contribution is 2.29. The molecule has 1 heterocycles. The second-order valence-corrected chi connectivity index (χ2v) is 5.38. The van der Waals surface area contributed by atoms with Crippen LogP contribution in [0.5, 0.6) is 5.75 Å². The van der Waals surface area contributed by atoms with Crippen LogP contribution in [0, 0.1) is 17.0 Å². The molecule has 7 heteroatoms. The summed E-state index contributed by atoms with van der Waals surface area (Å²) in [5, 5.41) is 10.3. The molecule has 6 nitrogen and oxygen atoms in total. The summed E-state index contributed by atoms with van der Waals surface area (Å²) in [6.07, 6.45) is 0.488. The number of hydrogen-bond acceptors (Lipinski definition) is 6. The average molecular weight is 308 g/mol. The van der Waals surface area contributed by atoms with Gasteiger partial charge in [-0.25, -0.2) is 4.98 Å². The van der Waals surface area contributed by atoms with E-state index in [4.69, 9.17) is 4.74 Å². The zero-order valence-corrected chi connectivity index (χ0v) is 12.7. The number of aryl methyl sites for hydroxylation is 1. The molecule has 0 aliphatic rings. The standard InChI is InChI=1S/C14H16N2O4S/c1-3-19-12-6-4-11(5-7-12)14-15-10(2)13(21-14)8-9-20-16(17)18/h4-7H,3,8-9H2,1-2H3. The molecule has 0 amide bonds. The fraction of sp³-hybridized carbons (Fsp3) is 0.357. The molecule has 112 valence electrons. The molecule has 21 heavy (non-hydrogen) atoms. The summed E-state index contributed by atoms with van der Waals surface area (Å²) in [4.78, 5) is 20.0. The molecule has 0 aliphatic carbocycles. The Bertz CT molecular complexity index is 610. The van der Waals surface area contributed by atoms with Crippen LogP contribution in [0.3, 0.4) is 0 Å². The van der Waals surface area contributed by atoms with Gasteiger partial charge in [0.05, 0.1) is 12.3 Å². The lowest BCUT2D eigenvalue weighted by Crippen LogP contribution is -2.04. The van der Waals surface area contributed by atoms with Gasteiger partial charge < -0.3 is 9.57 Å². The molecule has 0 radical (unpaired) electrons. The molecule has 2 rings (SSSR count). The number of thiazole rings is 1. The Hall–Kier alpha value is -2.15. The van der Waals surface area contributed by atoms with Crippen molar-refractivity contribution in [2.24, 2.45) is 0 Å². The average Bonchev–Trinajstić information content (AvgIpc) is 2.81. The van der Waals surface area contributed by atoms with E-state index in [0.717, 1.165) is 26.9 Å². The Balaban J connectivity index is 2.08. The van der Waals surface area contributed by atoms with Gasteiger partial charge in [0.1, 0.15) is 17.4 Å². The molecule has 1 aromatic carbocycles. The van der Waals surface area contributed by atoms with Crippen LogP contribution < -0.4 is 4.74 Å². The van der Waals surface area contributed by atoms with Gasteiger partial charge in [0.2, 0.25) is 0 Å². The molecule has 0 spiro atoms. The third-order valence-electron chi connectivity index (χ3n) is 2.83. The number of rotatable bonds is 7. The van der Waals surface area contributed by atoms with Crippen molar-refractivity contribution in [3.63, 3.8) is 0 Å². The van der Waals surface area contributed by atoms with Crippen LogP contribution in [0.2, 0.25) is 0 Å². The summed E-state index contributed by atoms with van der Waals surface area (Å²) in [7, 11) is 0. The summed E-state index contributed by atoms with van der Waals surface area (Å²) < 4.78 is 5.40. The first kappa shape index (κ1) is 15.2. The topological polar surface area (TPSA) is 74.5 Å². The summed E-state index contributed by atoms with van der Waals surface area (Å²) >= 11 is 1.53. The molecule has 0 fully saturated rings. The van der Waals surface area contributed by atoms with Crippen molar-refractivity contribution < 1.29 is 14.7 Å². The van der Waals surface area contributed by atoms with E-state index in [2.05, 4.69) is 9.82 Å². The first-order valence-corrected chi connectivity index (χ1v) is 7.38. The normalized spacial score (nSPS) is 10.4. The summed E-state index contributed by atoms with van der Waals surface area (Å²) in [5.41, 5.74) is 1.89. The molecular formula is C14H16N2O4S. The monoisotopic (exact) mass is 308 g/mol. The number of aromatic nitrogens is 1. The second-order valence-electron chi connectivity index (χ2n) is 4.29. The van der Waals surface area contributed by atoms with Gasteiger partial charge in [-0.1, -0.05) is 0 Å². The van der Waals surface area contributed by atoms with Crippen molar-refractivity contribution in [2.45, 2.75) is 20.3 Å². The van der Waals surface area contributed by atoms with E-state index in [9.17, 15) is 10.1 Å². The van der Waals surface area contributed by atoms with E-state index in [1.807, 2.05) is 38.1 Å². The van der Waals surface area contributed by atoms with E-state index in [0.29, 0.717) is 13.0 Å². The lowest BCUT2D eigenvalue weighted by atomic mass is 10.2. The van der Waals surface area contributed by atoms with E-state index >= 15 is 0 Å². The fourth-order valence-corrected chi connectivity index (χ4v) is 2.91. The zero-order valence-electron chi connectivity index (χ0n) is 11.9. The maximum Gasteiger partial charge on any atom is 0.294 e. The largest absolute Gasteiger partial charge is 0.494 e. The molecule has 0 saturated carbocycles. The van der Waals surface area contributed by atoms with Crippen LogP contribution in [-0.4, -0.2) is 23.3 Å². The van der Waals surface area contributed by atoms with Gasteiger partial charge >= 0.3 is 0 Å². The van der Waals surface area contributed by atoms with Crippen LogP contribution in [0.4, 0.5) is 0 Å². The Morgan fingerprint density at radius 1 is 1.33 bits per heavy atom. The van der Waals surface area contributed by atoms with Gasteiger partial charge in [-0.2, -0.15) is 0 Å². The van der Waals surface area contributed by atoms with Gasteiger partial charge in [0, 0.05) is 16.9 Å². The van der Waals surface area contributed by atoms with Crippen LogP contribution in [-0.2, 0) is 11.3 Å². The molecular weight excluding hydrogens is 292 g/mol. The van der Waals surface area contributed by atoms with E-state index in [1.54, 1.807) is 0 Å². The summed E-state index contributed by atoms with van der Waals surface area (Å²) in [5.74, 6) is 0.828. The van der Waals surface area contributed by atoms with Crippen LogP contribution in [0.15, 0.2) is 24.3 Å². The SMILES string of the molecule is CCOc1ccc(-c2nc(C)c(CCO[N+](=O)[O-])s2)cc1. The van der Waals surface area contributed by atoms with E-state index in [-0.39, 0.29) is 6.61 Å². The lowest BCUT2D eigenvalue weighted by molar-refractivity contribution is -0.757. The Morgan fingerprint density at radius 3 is 2.67 bits per heavy atom. The third-order valence-corrected chi connectivity index (χ3v) is 4.10. The molecule has 0 saturated heterocycles. The molecule has 0 atom stereocenters. The third kappa shape index (κ3) is 4.16.